The summed E-state index contributed by atoms with van der Waals surface area (Å²) in [5, 5.41) is 2.12. The van der Waals surface area contributed by atoms with Crippen LogP contribution in [0.2, 0.25) is 0 Å². The molecule has 0 saturated carbocycles. The minimum atomic E-state index is -0.00897. The molecular formula is C16H18N2OS2. The lowest BCUT2D eigenvalue weighted by Gasteiger charge is -2.17. The van der Waals surface area contributed by atoms with Gasteiger partial charge in [0.2, 0.25) is 0 Å². The number of nitrogens with two attached hydrogens (primary N) is 1. The smallest absolute Gasteiger partial charge is 0.120 e. The van der Waals surface area contributed by atoms with E-state index in [1.54, 1.807) is 22.7 Å². The summed E-state index contributed by atoms with van der Waals surface area (Å²) in [6, 6.07) is 12.5. The Balaban J connectivity index is 1.93. The van der Waals surface area contributed by atoms with Crippen LogP contribution in [0.5, 0.6) is 5.75 Å². The SMILES string of the molecule is CC(C)Oc1cccc(C(NN)c2cc3sccc3s2)c1. The molecule has 0 bridgehead atoms. The van der Waals surface area contributed by atoms with Gasteiger partial charge >= 0.3 is 0 Å². The highest BCUT2D eigenvalue weighted by molar-refractivity contribution is 7.27. The maximum atomic E-state index is 5.80. The first-order chi connectivity index (χ1) is 10.2. The molecule has 0 spiro atoms. The highest BCUT2D eigenvalue weighted by atomic mass is 32.1. The zero-order chi connectivity index (χ0) is 14.8. The van der Waals surface area contributed by atoms with E-state index >= 15 is 0 Å². The monoisotopic (exact) mass is 318 g/mol. The van der Waals surface area contributed by atoms with Gasteiger partial charge in [0.15, 0.2) is 0 Å². The van der Waals surface area contributed by atoms with Crippen molar-refractivity contribution in [1.82, 2.24) is 5.43 Å². The van der Waals surface area contributed by atoms with Gasteiger partial charge in [-0.15, -0.1) is 22.7 Å². The van der Waals surface area contributed by atoms with E-state index in [4.69, 9.17) is 10.6 Å². The zero-order valence-corrected chi connectivity index (χ0v) is 13.6. The summed E-state index contributed by atoms with van der Waals surface area (Å²) < 4.78 is 8.39. The third kappa shape index (κ3) is 3.11. The number of rotatable bonds is 5. The molecule has 0 radical (unpaired) electrons. The van der Waals surface area contributed by atoms with Crippen molar-refractivity contribution in [2.75, 3.05) is 0 Å². The van der Waals surface area contributed by atoms with E-state index in [0.717, 1.165) is 11.3 Å². The molecule has 2 aromatic heterocycles. The Hall–Kier alpha value is -1.40. The van der Waals surface area contributed by atoms with Crippen molar-refractivity contribution in [2.24, 2.45) is 5.84 Å². The molecule has 0 saturated heterocycles. The Bertz CT molecular complexity index is 704. The van der Waals surface area contributed by atoms with Crippen LogP contribution >= 0.6 is 22.7 Å². The summed E-state index contributed by atoms with van der Waals surface area (Å²) in [5.74, 6) is 6.67. The van der Waals surface area contributed by atoms with Crippen molar-refractivity contribution in [3.05, 3.63) is 52.2 Å². The topological polar surface area (TPSA) is 47.3 Å². The van der Waals surface area contributed by atoms with Crippen LogP contribution in [0.1, 0.15) is 30.3 Å². The van der Waals surface area contributed by atoms with E-state index in [-0.39, 0.29) is 12.1 Å². The van der Waals surface area contributed by atoms with Crippen LogP contribution in [0, 0.1) is 0 Å². The minimum Gasteiger partial charge on any atom is -0.491 e. The highest BCUT2D eigenvalue weighted by Gasteiger charge is 2.16. The number of hydrogen-bond donors (Lipinski definition) is 2. The van der Waals surface area contributed by atoms with E-state index in [2.05, 4.69) is 35.1 Å². The molecule has 0 fully saturated rings. The first-order valence-electron chi connectivity index (χ1n) is 6.87. The standard InChI is InChI=1S/C16H18N2OS2/c1-10(2)19-12-5-3-4-11(8-12)16(18-17)15-9-14-13(21-15)6-7-20-14/h3-10,16,18H,17H2,1-2H3. The van der Waals surface area contributed by atoms with Crippen molar-refractivity contribution >= 4 is 32.1 Å². The second-order valence-electron chi connectivity index (χ2n) is 5.14. The van der Waals surface area contributed by atoms with Crippen LogP contribution in [0.4, 0.5) is 0 Å². The first-order valence-corrected chi connectivity index (χ1v) is 8.56. The average Bonchev–Trinajstić information content (AvgIpc) is 3.00. The molecule has 0 aliphatic heterocycles. The normalized spacial score (nSPS) is 13.0. The van der Waals surface area contributed by atoms with Crippen LogP contribution in [0.15, 0.2) is 41.8 Å². The van der Waals surface area contributed by atoms with Crippen LogP contribution in [-0.4, -0.2) is 6.10 Å². The quantitative estimate of drug-likeness (QED) is 0.544. The van der Waals surface area contributed by atoms with Gasteiger partial charge in [0, 0.05) is 14.3 Å². The van der Waals surface area contributed by atoms with Gasteiger partial charge < -0.3 is 4.74 Å². The van der Waals surface area contributed by atoms with Crippen molar-refractivity contribution in [3.63, 3.8) is 0 Å². The fraction of sp³-hybridized carbons (Fsp3) is 0.250. The largest absolute Gasteiger partial charge is 0.491 e. The van der Waals surface area contributed by atoms with Crippen molar-refractivity contribution in [1.29, 1.82) is 0 Å². The molecular weight excluding hydrogens is 300 g/mol. The van der Waals surface area contributed by atoms with Gasteiger partial charge in [-0.3, -0.25) is 5.84 Å². The summed E-state index contributed by atoms with van der Waals surface area (Å²) in [7, 11) is 0. The zero-order valence-electron chi connectivity index (χ0n) is 12.0. The van der Waals surface area contributed by atoms with Gasteiger partial charge in [0.1, 0.15) is 5.75 Å². The lowest BCUT2D eigenvalue weighted by molar-refractivity contribution is 0.242. The fourth-order valence-corrected chi connectivity index (χ4v) is 4.52. The van der Waals surface area contributed by atoms with Gasteiger partial charge in [-0.1, -0.05) is 12.1 Å². The van der Waals surface area contributed by atoms with Crippen molar-refractivity contribution in [3.8, 4) is 5.75 Å². The number of ether oxygens (including phenoxy) is 1. The second-order valence-corrected chi connectivity index (χ2v) is 7.20. The molecule has 3 N–H and O–H groups in total. The van der Waals surface area contributed by atoms with E-state index in [9.17, 15) is 0 Å². The van der Waals surface area contributed by atoms with E-state index in [0.29, 0.717) is 0 Å². The Morgan fingerprint density at radius 1 is 1.14 bits per heavy atom. The lowest BCUT2D eigenvalue weighted by Crippen LogP contribution is -2.28. The lowest BCUT2D eigenvalue weighted by atomic mass is 10.1. The second kappa shape index (κ2) is 6.15. The Morgan fingerprint density at radius 2 is 2.00 bits per heavy atom. The number of nitrogens with one attached hydrogen (secondary N) is 1. The maximum Gasteiger partial charge on any atom is 0.120 e. The Kier molecular flexibility index (Phi) is 4.26. The molecule has 2 heterocycles. The molecule has 5 heteroatoms. The van der Waals surface area contributed by atoms with Gasteiger partial charge in [-0.25, -0.2) is 5.43 Å². The molecule has 110 valence electrons. The fourth-order valence-electron chi connectivity index (χ4n) is 2.31. The molecule has 0 aliphatic rings. The Morgan fingerprint density at radius 3 is 2.71 bits per heavy atom. The predicted octanol–water partition coefficient (Wildman–Crippen LogP) is 4.30. The summed E-state index contributed by atoms with van der Waals surface area (Å²) in [4.78, 5) is 1.22. The minimum absolute atomic E-state index is 0.00897. The molecule has 0 amide bonds. The van der Waals surface area contributed by atoms with Crippen molar-refractivity contribution in [2.45, 2.75) is 26.0 Å². The number of hydrazine groups is 1. The molecule has 1 atom stereocenters. The third-order valence-corrected chi connectivity index (χ3v) is 5.33. The van der Waals surface area contributed by atoms with Gasteiger partial charge in [-0.2, -0.15) is 0 Å². The average molecular weight is 318 g/mol. The molecule has 21 heavy (non-hydrogen) atoms. The van der Waals surface area contributed by atoms with Gasteiger partial charge in [0.05, 0.1) is 12.1 Å². The van der Waals surface area contributed by atoms with Gasteiger partial charge in [-0.05, 0) is 49.1 Å². The van der Waals surface area contributed by atoms with E-state index in [1.165, 1.54) is 14.3 Å². The third-order valence-electron chi connectivity index (χ3n) is 3.17. The molecule has 3 nitrogen and oxygen atoms in total. The summed E-state index contributed by atoms with van der Waals surface area (Å²) >= 11 is 3.54. The molecule has 1 unspecified atom stereocenters. The predicted molar refractivity (Wildman–Crippen MR) is 91.1 cm³/mol. The van der Waals surface area contributed by atoms with Crippen LogP contribution in [-0.2, 0) is 0 Å². The Labute approximate surface area is 132 Å². The number of thiophene rings is 2. The van der Waals surface area contributed by atoms with Crippen LogP contribution in [0.3, 0.4) is 0 Å². The molecule has 3 rings (SSSR count). The van der Waals surface area contributed by atoms with Crippen LogP contribution < -0.4 is 16.0 Å². The maximum absolute atomic E-state index is 5.80. The number of hydrogen-bond acceptors (Lipinski definition) is 5. The van der Waals surface area contributed by atoms with Gasteiger partial charge in [0.25, 0.3) is 0 Å². The summed E-state index contributed by atoms with van der Waals surface area (Å²) in [6.45, 7) is 4.05. The number of benzene rings is 1. The van der Waals surface area contributed by atoms with Crippen molar-refractivity contribution < 1.29 is 4.74 Å². The summed E-state index contributed by atoms with van der Waals surface area (Å²) in [6.07, 6.45) is 0.164. The van der Waals surface area contributed by atoms with E-state index in [1.807, 2.05) is 26.0 Å². The molecule has 0 aliphatic carbocycles. The van der Waals surface area contributed by atoms with Crippen LogP contribution in [0.25, 0.3) is 9.40 Å². The first kappa shape index (κ1) is 14.5. The highest BCUT2D eigenvalue weighted by Crippen LogP contribution is 2.36. The molecule has 1 aromatic carbocycles. The number of fused-ring (bicyclic) bond motifs is 1. The molecule has 3 aromatic rings. The summed E-state index contributed by atoms with van der Waals surface area (Å²) in [5.41, 5.74) is 4.04. The van der Waals surface area contributed by atoms with E-state index < -0.39 is 0 Å².